The number of amides is 2. The molecule has 0 unspecified atom stereocenters. The minimum absolute atomic E-state index is 0. The standard InChI is InChI=1S/C18H33N5O3.HI/c1-19-16(21-14-7-11-23(12-8-14)17(25)26-4)20-13-18(9-5-6-10-18)15(24)22(2)3;/h14H,5-13H2,1-4H3,(H2,19,20,21);1H. The minimum atomic E-state index is -0.324. The first-order valence-corrected chi connectivity index (χ1v) is 9.43. The highest BCUT2D eigenvalue weighted by Crippen LogP contribution is 2.38. The van der Waals surface area contributed by atoms with Crippen LogP contribution in [-0.4, -0.2) is 81.7 Å². The van der Waals surface area contributed by atoms with E-state index in [0.29, 0.717) is 19.6 Å². The molecule has 2 amide bonds. The van der Waals surface area contributed by atoms with Gasteiger partial charge in [-0.15, -0.1) is 24.0 Å². The van der Waals surface area contributed by atoms with Gasteiger partial charge in [0.2, 0.25) is 5.91 Å². The van der Waals surface area contributed by atoms with Gasteiger partial charge in [-0.25, -0.2) is 4.79 Å². The number of hydrogen-bond donors (Lipinski definition) is 2. The SMILES string of the molecule is CN=C(NCC1(C(=O)N(C)C)CCCC1)NC1CCN(C(=O)OC)CC1.I. The molecule has 1 aliphatic carbocycles. The second-order valence-electron chi connectivity index (χ2n) is 7.49. The third-order valence-electron chi connectivity index (χ3n) is 5.51. The summed E-state index contributed by atoms with van der Waals surface area (Å²) >= 11 is 0. The first kappa shape index (κ1) is 23.8. The quantitative estimate of drug-likeness (QED) is 0.352. The molecular formula is C18H34IN5O3. The van der Waals surface area contributed by atoms with E-state index in [4.69, 9.17) is 4.74 Å². The highest BCUT2D eigenvalue weighted by atomic mass is 127. The molecule has 1 saturated carbocycles. The van der Waals surface area contributed by atoms with Crippen LogP contribution >= 0.6 is 24.0 Å². The third kappa shape index (κ3) is 6.11. The van der Waals surface area contributed by atoms with E-state index in [2.05, 4.69) is 15.6 Å². The maximum absolute atomic E-state index is 12.7. The van der Waals surface area contributed by atoms with Gasteiger partial charge in [-0.05, 0) is 25.7 Å². The molecule has 0 atom stereocenters. The van der Waals surface area contributed by atoms with Crippen LogP contribution in [0.25, 0.3) is 0 Å². The van der Waals surface area contributed by atoms with Gasteiger partial charge in [0, 0.05) is 46.8 Å². The number of nitrogens with one attached hydrogen (secondary N) is 2. The maximum Gasteiger partial charge on any atom is 0.409 e. The zero-order valence-corrected chi connectivity index (χ0v) is 19.2. The monoisotopic (exact) mass is 495 g/mol. The van der Waals surface area contributed by atoms with Crippen LogP contribution in [0.1, 0.15) is 38.5 Å². The van der Waals surface area contributed by atoms with Crippen molar-refractivity contribution < 1.29 is 14.3 Å². The summed E-state index contributed by atoms with van der Waals surface area (Å²) in [5, 5.41) is 6.79. The number of aliphatic imine (C=N–C) groups is 1. The normalized spacial score (nSPS) is 19.9. The lowest BCUT2D eigenvalue weighted by molar-refractivity contribution is -0.138. The lowest BCUT2D eigenvalue weighted by Gasteiger charge is -2.34. The van der Waals surface area contributed by atoms with Crippen molar-refractivity contribution in [1.82, 2.24) is 20.4 Å². The lowest BCUT2D eigenvalue weighted by Crippen LogP contribution is -2.53. The highest BCUT2D eigenvalue weighted by molar-refractivity contribution is 14.0. The molecule has 0 bridgehead atoms. The molecule has 0 aromatic heterocycles. The van der Waals surface area contributed by atoms with E-state index in [9.17, 15) is 9.59 Å². The van der Waals surface area contributed by atoms with Crippen LogP contribution in [0.3, 0.4) is 0 Å². The van der Waals surface area contributed by atoms with Crippen LogP contribution < -0.4 is 10.6 Å². The molecular weight excluding hydrogens is 461 g/mol. The predicted molar refractivity (Wildman–Crippen MR) is 117 cm³/mol. The van der Waals surface area contributed by atoms with Gasteiger partial charge in [-0.2, -0.15) is 0 Å². The van der Waals surface area contributed by atoms with Crippen molar-refractivity contribution in [1.29, 1.82) is 0 Å². The predicted octanol–water partition coefficient (Wildman–Crippen LogP) is 1.65. The Morgan fingerprint density at radius 3 is 2.30 bits per heavy atom. The van der Waals surface area contributed by atoms with E-state index in [1.54, 1.807) is 16.8 Å². The van der Waals surface area contributed by atoms with E-state index < -0.39 is 0 Å². The summed E-state index contributed by atoms with van der Waals surface area (Å²) in [6, 6.07) is 0.256. The van der Waals surface area contributed by atoms with Crippen LogP contribution in [0.2, 0.25) is 0 Å². The smallest absolute Gasteiger partial charge is 0.409 e. The van der Waals surface area contributed by atoms with Crippen molar-refractivity contribution in [2.45, 2.75) is 44.6 Å². The fourth-order valence-electron chi connectivity index (χ4n) is 3.97. The van der Waals surface area contributed by atoms with E-state index in [0.717, 1.165) is 44.5 Å². The summed E-state index contributed by atoms with van der Waals surface area (Å²) in [4.78, 5) is 32.0. The van der Waals surface area contributed by atoms with E-state index in [-0.39, 0.29) is 47.4 Å². The van der Waals surface area contributed by atoms with Crippen LogP contribution in [-0.2, 0) is 9.53 Å². The van der Waals surface area contributed by atoms with Crippen molar-refractivity contribution in [2.24, 2.45) is 10.4 Å². The van der Waals surface area contributed by atoms with Gasteiger partial charge in [0.15, 0.2) is 5.96 Å². The Kier molecular flexibility index (Phi) is 9.61. The molecule has 0 spiro atoms. The lowest BCUT2D eigenvalue weighted by atomic mass is 9.84. The van der Waals surface area contributed by atoms with Crippen molar-refractivity contribution in [3.63, 3.8) is 0 Å². The maximum atomic E-state index is 12.7. The molecule has 0 aromatic rings. The highest BCUT2D eigenvalue weighted by Gasteiger charge is 2.42. The number of hydrogen-bond acceptors (Lipinski definition) is 4. The summed E-state index contributed by atoms with van der Waals surface area (Å²) in [7, 11) is 6.80. The molecule has 8 nitrogen and oxygen atoms in total. The third-order valence-corrected chi connectivity index (χ3v) is 5.51. The average molecular weight is 495 g/mol. The number of likely N-dealkylation sites (tertiary alicyclic amines) is 1. The molecule has 2 N–H and O–H groups in total. The summed E-state index contributed by atoms with van der Waals surface area (Å²) in [5.41, 5.74) is -0.324. The van der Waals surface area contributed by atoms with Crippen LogP contribution in [0, 0.1) is 5.41 Å². The van der Waals surface area contributed by atoms with Crippen molar-refractivity contribution in [3.8, 4) is 0 Å². The number of carbonyl (C=O) groups excluding carboxylic acids is 2. The fourth-order valence-corrected chi connectivity index (χ4v) is 3.97. The van der Waals surface area contributed by atoms with Crippen molar-refractivity contribution >= 4 is 41.9 Å². The molecule has 1 saturated heterocycles. The van der Waals surface area contributed by atoms with Gasteiger partial charge in [-0.3, -0.25) is 9.79 Å². The number of methoxy groups -OCH3 is 1. The molecule has 27 heavy (non-hydrogen) atoms. The molecule has 1 aliphatic heterocycles. The van der Waals surface area contributed by atoms with E-state index >= 15 is 0 Å². The topological polar surface area (TPSA) is 86.3 Å². The van der Waals surface area contributed by atoms with Gasteiger partial charge >= 0.3 is 6.09 Å². The minimum Gasteiger partial charge on any atom is -0.453 e. The first-order chi connectivity index (χ1) is 12.4. The average Bonchev–Trinajstić information content (AvgIpc) is 3.14. The zero-order valence-electron chi connectivity index (χ0n) is 16.9. The molecule has 2 aliphatic rings. The van der Waals surface area contributed by atoms with Gasteiger partial charge in [0.25, 0.3) is 0 Å². The number of halogens is 1. The van der Waals surface area contributed by atoms with Crippen LogP contribution in [0.5, 0.6) is 0 Å². The van der Waals surface area contributed by atoms with Gasteiger partial charge in [0.1, 0.15) is 0 Å². The van der Waals surface area contributed by atoms with Crippen molar-refractivity contribution in [2.75, 3.05) is 47.9 Å². The van der Waals surface area contributed by atoms with Crippen molar-refractivity contribution in [3.05, 3.63) is 0 Å². The molecule has 0 aromatic carbocycles. The second-order valence-corrected chi connectivity index (χ2v) is 7.49. The Morgan fingerprint density at radius 1 is 1.22 bits per heavy atom. The first-order valence-electron chi connectivity index (χ1n) is 9.43. The summed E-state index contributed by atoms with van der Waals surface area (Å²) in [6.45, 7) is 1.94. The zero-order chi connectivity index (χ0) is 19.2. The Hall–Kier alpha value is -1.26. The van der Waals surface area contributed by atoms with E-state index in [1.165, 1.54) is 7.11 Å². The molecule has 9 heteroatoms. The molecule has 2 rings (SSSR count). The molecule has 156 valence electrons. The Morgan fingerprint density at radius 2 is 1.81 bits per heavy atom. The Balaban J connectivity index is 0.00000364. The summed E-state index contributed by atoms with van der Waals surface area (Å²) in [5.74, 6) is 0.920. The number of guanidine groups is 1. The van der Waals surface area contributed by atoms with Gasteiger partial charge in [-0.1, -0.05) is 12.8 Å². The van der Waals surface area contributed by atoms with E-state index in [1.807, 2.05) is 14.1 Å². The number of nitrogens with zero attached hydrogens (tertiary/aromatic N) is 3. The molecule has 1 heterocycles. The largest absolute Gasteiger partial charge is 0.453 e. The second kappa shape index (κ2) is 10.9. The fraction of sp³-hybridized carbons (Fsp3) is 0.833. The number of rotatable bonds is 4. The summed E-state index contributed by atoms with van der Waals surface area (Å²) in [6.07, 6.45) is 5.46. The number of ether oxygens (including phenoxy) is 1. The number of carbonyl (C=O) groups is 2. The van der Waals surface area contributed by atoms with Gasteiger partial charge in [0.05, 0.1) is 12.5 Å². The molecule has 0 radical (unpaired) electrons. The van der Waals surface area contributed by atoms with Gasteiger partial charge < -0.3 is 25.2 Å². The Bertz CT molecular complexity index is 527. The number of piperidine rings is 1. The summed E-state index contributed by atoms with van der Waals surface area (Å²) < 4.78 is 4.77. The molecule has 2 fully saturated rings. The van der Waals surface area contributed by atoms with Crippen LogP contribution in [0.4, 0.5) is 4.79 Å². The van der Waals surface area contributed by atoms with Crippen LogP contribution in [0.15, 0.2) is 4.99 Å². The Labute approximate surface area is 179 Å².